The van der Waals surface area contributed by atoms with Crippen molar-refractivity contribution < 1.29 is 5.11 Å². The van der Waals surface area contributed by atoms with E-state index >= 15 is 0 Å². The molecule has 1 N–H and O–H groups in total. The second-order valence-corrected chi connectivity index (χ2v) is 2.69. The molecule has 60 valence electrons. The number of rotatable bonds is 0. The van der Waals surface area contributed by atoms with Crippen LogP contribution in [0.4, 0.5) is 0 Å². The van der Waals surface area contributed by atoms with Gasteiger partial charge >= 0.3 is 0 Å². The molecule has 0 spiro atoms. The average Bonchev–Trinajstić information content (AvgIpc) is 2.25. The normalized spacial score (nSPS) is 20.2. The first-order chi connectivity index (χ1) is 5.86. The molecule has 0 saturated carbocycles. The summed E-state index contributed by atoms with van der Waals surface area (Å²) in [7, 11) is 0. The number of fused-ring (bicyclic) bond motifs is 1. The van der Waals surface area contributed by atoms with E-state index in [0.717, 1.165) is 10.6 Å². The van der Waals surface area contributed by atoms with Crippen LogP contribution in [0, 0.1) is 0 Å². The minimum absolute atomic E-state index is 0.516. The molecule has 1 heterocycles. The van der Waals surface area contributed by atoms with Crippen LogP contribution in [0.15, 0.2) is 30.5 Å². The van der Waals surface area contributed by atoms with Gasteiger partial charge in [-0.05, 0) is 17.4 Å². The highest BCUT2D eigenvalue weighted by atomic mass is 16.3. The number of allylic oxidation sites excluding steroid dienone is 1. The second kappa shape index (κ2) is 2.91. The molecular formula is C10H9NO. The molecular weight excluding hydrogens is 150 g/mol. The molecule has 2 rings (SSSR count). The van der Waals surface area contributed by atoms with Crippen LogP contribution in [-0.4, -0.2) is 16.2 Å². The summed E-state index contributed by atoms with van der Waals surface area (Å²) in [6.07, 6.45) is 8.44. The van der Waals surface area contributed by atoms with Gasteiger partial charge in [0.25, 0.3) is 0 Å². The van der Waals surface area contributed by atoms with Gasteiger partial charge in [0.15, 0.2) is 0 Å². The molecule has 0 saturated heterocycles. The summed E-state index contributed by atoms with van der Waals surface area (Å²) in [6.45, 7) is 0. The van der Waals surface area contributed by atoms with Crippen molar-refractivity contribution in [2.24, 2.45) is 0 Å². The standard InChI is InChI=1S/C10H9NO/c12-9-5-1-3-8-4-2-6-11-10(8)7-9/h1-7,9,12H. The monoisotopic (exact) mass is 159 g/mol. The molecule has 0 bridgehead atoms. The predicted octanol–water partition coefficient (Wildman–Crippen LogP) is -0.427. The van der Waals surface area contributed by atoms with Crippen molar-refractivity contribution in [1.82, 2.24) is 4.98 Å². The quantitative estimate of drug-likeness (QED) is 0.557. The molecule has 1 aliphatic rings. The van der Waals surface area contributed by atoms with Crippen LogP contribution in [0.2, 0.25) is 0 Å². The molecule has 2 nitrogen and oxygen atoms in total. The van der Waals surface area contributed by atoms with Gasteiger partial charge in [-0.1, -0.05) is 24.3 Å². The summed E-state index contributed by atoms with van der Waals surface area (Å²) in [5.41, 5.74) is 0. The fourth-order valence-corrected chi connectivity index (χ4v) is 1.20. The fraction of sp³-hybridized carbons (Fsp3) is 0.100. The van der Waals surface area contributed by atoms with E-state index in [4.69, 9.17) is 0 Å². The van der Waals surface area contributed by atoms with Crippen molar-refractivity contribution in [2.75, 3.05) is 0 Å². The summed E-state index contributed by atoms with van der Waals surface area (Å²) in [6, 6.07) is 3.86. The number of aliphatic hydroxyl groups is 1. The van der Waals surface area contributed by atoms with Gasteiger partial charge in [0.05, 0.1) is 11.5 Å². The van der Waals surface area contributed by atoms with Crippen LogP contribution in [0.25, 0.3) is 12.2 Å². The lowest BCUT2D eigenvalue weighted by molar-refractivity contribution is 0.285. The van der Waals surface area contributed by atoms with Gasteiger partial charge in [0.1, 0.15) is 0 Å². The molecule has 1 atom stereocenters. The van der Waals surface area contributed by atoms with E-state index < -0.39 is 6.10 Å². The van der Waals surface area contributed by atoms with E-state index in [1.54, 1.807) is 18.3 Å². The van der Waals surface area contributed by atoms with Crippen LogP contribution in [-0.2, 0) is 0 Å². The van der Waals surface area contributed by atoms with Gasteiger partial charge in [-0.3, -0.25) is 4.98 Å². The van der Waals surface area contributed by atoms with Gasteiger partial charge in [-0.25, -0.2) is 0 Å². The highest BCUT2D eigenvalue weighted by Gasteiger charge is 1.95. The van der Waals surface area contributed by atoms with Crippen molar-refractivity contribution in [1.29, 1.82) is 0 Å². The van der Waals surface area contributed by atoms with E-state index in [-0.39, 0.29) is 0 Å². The maximum Gasteiger partial charge on any atom is 0.0929 e. The van der Waals surface area contributed by atoms with Crippen LogP contribution in [0.1, 0.15) is 0 Å². The first-order valence-corrected chi connectivity index (χ1v) is 3.86. The number of aromatic nitrogens is 1. The van der Waals surface area contributed by atoms with Crippen LogP contribution >= 0.6 is 0 Å². The third-order valence-electron chi connectivity index (χ3n) is 1.78. The molecule has 12 heavy (non-hydrogen) atoms. The first-order valence-electron chi connectivity index (χ1n) is 3.86. The SMILES string of the molecule is OC1C=CC=c2cccnc2=C1. The fourth-order valence-electron chi connectivity index (χ4n) is 1.20. The van der Waals surface area contributed by atoms with Crippen LogP contribution in [0.3, 0.4) is 0 Å². The first kappa shape index (κ1) is 7.25. The summed E-state index contributed by atoms with van der Waals surface area (Å²) in [5, 5.41) is 11.2. The van der Waals surface area contributed by atoms with Gasteiger partial charge in [-0.2, -0.15) is 0 Å². The van der Waals surface area contributed by atoms with E-state index in [9.17, 15) is 5.11 Å². The average molecular weight is 159 g/mol. The van der Waals surface area contributed by atoms with E-state index in [1.807, 2.05) is 24.3 Å². The molecule has 2 heteroatoms. The van der Waals surface area contributed by atoms with Crippen molar-refractivity contribution in [3.05, 3.63) is 41.0 Å². The Morgan fingerprint density at radius 3 is 3.25 bits per heavy atom. The van der Waals surface area contributed by atoms with Gasteiger partial charge in [0.2, 0.25) is 0 Å². The van der Waals surface area contributed by atoms with Crippen molar-refractivity contribution >= 4 is 12.2 Å². The number of pyridine rings is 1. The van der Waals surface area contributed by atoms with E-state index in [1.165, 1.54) is 0 Å². The predicted molar refractivity (Wildman–Crippen MR) is 47.6 cm³/mol. The molecule has 0 amide bonds. The van der Waals surface area contributed by atoms with Crippen LogP contribution in [0.5, 0.6) is 0 Å². The largest absolute Gasteiger partial charge is 0.385 e. The number of aliphatic hydroxyl groups excluding tert-OH is 1. The van der Waals surface area contributed by atoms with E-state index in [0.29, 0.717) is 0 Å². The Hall–Kier alpha value is -1.41. The molecule has 1 unspecified atom stereocenters. The van der Waals surface area contributed by atoms with E-state index in [2.05, 4.69) is 4.98 Å². The molecule has 1 aromatic heterocycles. The lowest BCUT2D eigenvalue weighted by Crippen LogP contribution is -2.27. The summed E-state index contributed by atoms with van der Waals surface area (Å²) in [4.78, 5) is 4.14. The molecule has 0 fully saturated rings. The Balaban J connectivity index is 2.75. The third kappa shape index (κ3) is 1.29. The second-order valence-electron chi connectivity index (χ2n) is 2.69. The maximum atomic E-state index is 9.33. The van der Waals surface area contributed by atoms with Gasteiger partial charge in [-0.15, -0.1) is 0 Å². The minimum Gasteiger partial charge on any atom is -0.385 e. The zero-order valence-electron chi connectivity index (χ0n) is 6.51. The Morgan fingerprint density at radius 2 is 2.33 bits per heavy atom. The smallest absolute Gasteiger partial charge is 0.0929 e. The highest BCUT2D eigenvalue weighted by Crippen LogP contribution is 1.89. The lowest BCUT2D eigenvalue weighted by Gasteiger charge is -1.92. The highest BCUT2D eigenvalue weighted by molar-refractivity contribution is 5.45. The van der Waals surface area contributed by atoms with Crippen molar-refractivity contribution in [2.45, 2.75) is 6.10 Å². The maximum absolute atomic E-state index is 9.33. The van der Waals surface area contributed by atoms with Crippen molar-refractivity contribution in [3.8, 4) is 0 Å². The molecule has 1 aliphatic carbocycles. The number of hydrogen-bond acceptors (Lipinski definition) is 2. The lowest BCUT2D eigenvalue weighted by atomic mass is 10.3. The Labute approximate surface area is 70.2 Å². The van der Waals surface area contributed by atoms with Gasteiger partial charge < -0.3 is 5.11 Å². The Kier molecular flexibility index (Phi) is 1.76. The summed E-state index contributed by atoms with van der Waals surface area (Å²) < 4.78 is 0. The van der Waals surface area contributed by atoms with Crippen LogP contribution < -0.4 is 10.6 Å². The Morgan fingerprint density at radius 1 is 1.42 bits per heavy atom. The molecule has 0 radical (unpaired) electrons. The third-order valence-corrected chi connectivity index (χ3v) is 1.78. The Bertz CT molecular complexity index is 420. The number of hydrogen-bond donors (Lipinski definition) is 1. The molecule has 0 aliphatic heterocycles. The number of nitrogens with zero attached hydrogens (tertiary/aromatic N) is 1. The minimum atomic E-state index is -0.516. The zero-order chi connectivity index (χ0) is 8.39. The zero-order valence-corrected chi connectivity index (χ0v) is 6.51. The molecule has 0 aromatic carbocycles. The topological polar surface area (TPSA) is 33.1 Å². The van der Waals surface area contributed by atoms with Gasteiger partial charge in [0, 0.05) is 6.20 Å². The van der Waals surface area contributed by atoms with Crippen molar-refractivity contribution in [3.63, 3.8) is 0 Å². The summed E-state index contributed by atoms with van der Waals surface area (Å²) >= 11 is 0. The molecule has 1 aromatic rings. The summed E-state index contributed by atoms with van der Waals surface area (Å²) in [5.74, 6) is 0.